The van der Waals surface area contributed by atoms with E-state index in [-0.39, 0.29) is 0 Å². The average molecular weight is 244 g/mol. The first-order valence-corrected chi connectivity index (χ1v) is 6.72. The van der Waals surface area contributed by atoms with Gasteiger partial charge in [0.25, 0.3) is 0 Å². The molecule has 0 spiro atoms. The molecule has 0 amide bonds. The molecule has 1 aliphatic heterocycles. The van der Waals surface area contributed by atoms with Gasteiger partial charge in [-0.05, 0) is 49.9 Å². The number of piperidine rings is 1. The van der Waals surface area contributed by atoms with Gasteiger partial charge in [0.15, 0.2) is 0 Å². The van der Waals surface area contributed by atoms with Crippen LogP contribution in [0.1, 0.15) is 18.4 Å². The van der Waals surface area contributed by atoms with E-state index in [9.17, 15) is 0 Å². The second-order valence-electron chi connectivity index (χ2n) is 5.11. The fourth-order valence-corrected chi connectivity index (χ4v) is 2.93. The normalized spacial score (nSPS) is 20.2. The Morgan fingerprint density at radius 1 is 1.39 bits per heavy atom. The number of nitrogens with one attached hydrogen (secondary N) is 2. The Morgan fingerprint density at radius 2 is 2.33 bits per heavy atom. The summed E-state index contributed by atoms with van der Waals surface area (Å²) in [6.07, 6.45) is 5.93. The van der Waals surface area contributed by atoms with E-state index in [1.807, 2.05) is 6.07 Å². The second-order valence-corrected chi connectivity index (χ2v) is 5.11. The van der Waals surface area contributed by atoms with Crippen molar-refractivity contribution in [3.05, 3.63) is 30.0 Å². The summed E-state index contributed by atoms with van der Waals surface area (Å²) in [7, 11) is 1.72. The van der Waals surface area contributed by atoms with Crippen molar-refractivity contribution in [2.45, 2.75) is 19.3 Å². The largest absolute Gasteiger partial charge is 0.495 e. The molecule has 3 nitrogen and oxygen atoms in total. The molecule has 1 atom stereocenters. The topological polar surface area (TPSA) is 37.0 Å². The van der Waals surface area contributed by atoms with Crippen molar-refractivity contribution in [2.24, 2.45) is 5.92 Å². The number of para-hydroxylation sites is 1. The van der Waals surface area contributed by atoms with E-state index in [1.54, 1.807) is 7.11 Å². The van der Waals surface area contributed by atoms with Gasteiger partial charge in [-0.25, -0.2) is 0 Å². The lowest BCUT2D eigenvalue weighted by atomic mass is 9.92. The molecule has 1 aromatic carbocycles. The highest BCUT2D eigenvalue weighted by atomic mass is 16.5. The van der Waals surface area contributed by atoms with Gasteiger partial charge in [0, 0.05) is 11.6 Å². The third-order valence-electron chi connectivity index (χ3n) is 3.89. The van der Waals surface area contributed by atoms with Crippen LogP contribution >= 0.6 is 0 Å². The van der Waals surface area contributed by atoms with Crippen LogP contribution < -0.4 is 10.1 Å². The average Bonchev–Trinajstić information content (AvgIpc) is 2.83. The minimum absolute atomic E-state index is 0.768. The Labute approximate surface area is 108 Å². The third kappa shape index (κ3) is 2.10. The predicted octanol–water partition coefficient (Wildman–Crippen LogP) is 2.72. The Balaban J connectivity index is 1.88. The van der Waals surface area contributed by atoms with Crippen molar-refractivity contribution < 1.29 is 4.74 Å². The molecular formula is C15H20N2O. The number of aromatic amines is 1. The van der Waals surface area contributed by atoms with Crippen LogP contribution in [-0.2, 0) is 6.42 Å². The van der Waals surface area contributed by atoms with Crippen LogP contribution in [0.15, 0.2) is 24.4 Å². The lowest BCUT2D eigenvalue weighted by Gasteiger charge is -2.22. The highest BCUT2D eigenvalue weighted by molar-refractivity contribution is 5.88. The molecule has 2 N–H and O–H groups in total. The number of H-pyrrole nitrogens is 1. The molecule has 0 aliphatic carbocycles. The Bertz CT molecular complexity index is 526. The molecule has 3 rings (SSSR count). The van der Waals surface area contributed by atoms with Crippen molar-refractivity contribution in [3.8, 4) is 5.75 Å². The second kappa shape index (κ2) is 5.02. The van der Waals surface area contributed by atoms with Gasteiger partial charge in [0.05, 0.1) is 12.6 Å². The van der Waals surface area contributed by atoms with E-state index in [2.05, 4.69) is 28.6 Å². The molecular weight excluding hydrogens is 224 g/mol. The lowest BCUT2D eigenvalue weighted by Crippen LogP contribution is -2.30. The van der Waals surface area contributed by atoms with E-state index in [1.165, 1.54) is 30.3 Å². The zero-order chi connectivity index (χ0) is 12.4. The van der Waals surface area contributed by atoms with Crippen LogP contribution in [0.5, 0.6) is 5.75 Å². The van der Waals surface area contributed by atoms with Gasteiger partial charge in [0.1, 0.15) is 5.75 Å². The summed E-state index contributed by atoms with van der Waals surface area (Å²) >= 11 is 0. The highest BCUT2D eigenvalue weighted by Crippen LogP contribution is 2.29. The van der Waals surface area contributed by atoms with Crippen molar-refractivity contribution in [3.63, 3.8) is 0 Å². The van der Waals surface area contributed by atoms with Gasteiger partial charge in [-0.2, -0.15) is 0 Å². The molecule has 1 aromatic heterocycles. The molecule has 2 heterocycles. The summed E-state index contributed by atoms with van der Waals surface area (Å²) in [5.74, 6) is 1.70. The van der Waals surface area contributed by atoms with E-state index < -0.39 is 0 Å². The van der Waals surface area contributed by atoms with Crippen molar-refractivity contribution >= 4 is 10.9 Å². The van der Waals surface area contributed by atoms with Crippen LogP contribution in [0.2, 0.25) is 0 Å². The monoisotopic (exact) mass is 244 g/mol. The molecule has 2 aromatic rings. The smallest absolute Gasteiger partial charge is 0.142 e. The summed E-state index contributed by atoms with van der Waals surface area (Å²) in [5.41, 5.74) is 2.54. The molecule has 96 valence electrons. The fourth-order valence-electron chi connectivity index (χ4n) is 2.93. The van der Waals surface area contributed by atoms with Crippen molar-refractivity contribution in [2.75, 3.05) is 20.2 Å². The quantitative estimate of drug-likeness (QED) is 0.871. The molecule has 1 unspecified atom stereocenters. The van der Waals surface area contributed by atoms with Crippen molar-refractivity contribution in [1.29, 1.82) is 0 Å². The first-order chi connectivity index (χ1) is 8.88. The standard InChI is InChI=1S/C15H20N2O/c1-18-14-6-2-5-13-12(10-17-15(13)14)8-11-4-3-7-16-9-11/h2,5-6,10-11,16-17H,3-4,7-9H2,1H3. The first kappa shape index (κ1) is 11.6. The third-order valence-corrected chi connectivity index (χ3v) is 3.89. The number of benzene rings is 1. The number of ether oxygens (including phenoxy) is 1. The van der Waals surface area contributed by atoms with Gasteiger partial charge in [-0.3, -0.25) is 0 Å². The highest BCUT2D eigenvalue weighted by Gasteiger charge is 2.16. The van der Waals surface area contributed by atoms with Crippen LogP contribution in [0.3, 0.4) is 0 Å². The maximum Gasteiger partial charge on any atom is 0.142 e. The Hall–Kier alpha value is -1.48. The SMILES string of the molecule is COc1cccc2c(CC3CCCNC3)c[nH]c12. The molecule has 18 heavy (non-hydrogen) atoms. The molecule has 1 fully saturated rings. The van der Waals surface area contributed by atoms with E-state index >= 15 is 0 Å². The summed E-state index contributed by atoms with van der Waals surface area (Å²) in [6, 6.07) is 6.25. The number of rotatable bonds is 3. The van der Waals surface area contributed by atoms with Crippen molar-refractivity contribution in [1.82, 2.24) is 10.3 Å². The Morgan fingerprint density at radius 3 is 3.11 bits per heavy atom. The molecule has 1 aliphatic rings. The number of methoxy groups -OCH3 is 1. The minimum atomic E-state index is 0.768. The van der Waals surface area contributed by atoms with E-state index in [0.29, 0.717) is 0 Å². The van der Waals surface area contributed by atoms with Crippen LogP contribution in [0, 0.1) is 5.92 Å². The van der Waals surface area contributed by atoms with Crippen LogP contribution in [0.4, 0.5) is 0 Å². The van der Waals surface area contributed by atoms with Gasteiger partial charge >= 0.3 is 0 Å². The predicted molar refractivity (Wildman–Crippen MR) is 74.1 cm³/mol. The molecule has 0 bridgehead atoms. The summed E-state index contributed by atoms with van der Waals surface area (Å²) in [5, 5.41) is 4.79. The Kier molecular flexibility index (Phi) is 3.24. The van der Waals surface area contributed by atoms with Gasteiger partial charge in [0.2, 0.25) is 0 Å². The number of hydrogen-bond acceptors (Lipinski definition) is 2. The number of fused-ring (bicyclic) bond motifs is 1. The van der Waals surface area contributed by atoms with Gasteiger partial charge < -0.3 is 15.0 Å². The van der Waals surface area contributed by atoms with E-state index in [0.717, 1.165) is 30.1 Å². The molecule has 0 saturated carbocycles. The zero-order valence-corrected chi connectivity index (χ0v) is 10.8. The molecule has 3 heteroatoms. The van der Waals surface area contributed by atoms with Gasteiger partial charge in [-0.15, -0.1) is 0 Å². The number of aromatic nitrogens is 1. The zero-order valence-electron chi connectivity index (χ0n) is 10.8. The molecule has 1 saturated heterocycles. The summed E-state index contributed by atoms with van der Waals surface area (Å²) in [4.78, 5) is 3.35. The maximum atomic E-state index is 5.39. The van der Waals surface area contributed by atoms with Crippen LogP contribution in [-0.4, -0.2) is 25.2 Å². The lowest BCUT2D eigenvalue weighted by molar-refractivity contribution is 0.377. The fraction of sp³-hybridized carbons (Fsp3) is 0.467. The first-order valence-electron chi connectivity index (χ1n) is 6.72. The van der Waals surface area contributed by atoms with Crippen LogP contribution in [0.25, 0.3) is 10.9 Å². The minimum Gasteiger partial charge on any atom is -0.495 e. The maximum absolute atomic E-state index is 5.39. The molecule has 0 radical (unpaired) electrons. The van der Waals surface area contributed by atoms with E-state index in [4.69, 9.17) is 4.74 Å². The summed E-state index contributed by atoms with van der Waals surface area (Å²) < 4.78 is 5.39. The summed E-state index contributed by atoms with van der Waals surface area (Å²) in [6.45, 7) is 2.33. The number of hydrogen-bond donors (Lipinski definition) is 2. The van der Waals surface area contributed by atoms with Gasteiger partial charge in [-0.1, -0.05) is 12.1 Å².